The first-order valence-corrected chi connectivity index (χ1v) is 20.1. The number of hydrogen-bond acceptors (Lipinski definition) is 0. The first-order valence-electron chi connectivity index (χ1n) is 20.1. The molecular weight excluding hydrogens is 613 g/mol. The summed E-state index contributed by atoms with van der Waals surface area (Å²) >= 11 is 0. The summed E-state index contributed by atoms with van der Waals surface area (Å²) in [6.45, 7) is 48.4. The molecule has 4 aromatic rings. The van der Waals surface area contributed by atoms with Crippen LogP contribution in [0, 0.1) is 123 Å². The highest BCUT2D eigenvalue weighted by Gasteiger charge is 2.46. The predicted molar refractivity (Wildman–Crippen MR) is 225 cm³/mol. The molecule has 6 atom stereocenters. The molecule has 0 heterocycles. The van der Waals surface area contributed by atoms with Crippen molar-refractivity contribution < 1.29 is 0 Å². The maximum absolute atomic E-state index is 2.59. The summed E-state index contributed by atoms with van der Waals surface area (Å²) < 4.78 is 0. The Labute approximate surface area is 312 Å². The van der Waals surface area contributed by atoms with Crippen LogP contribution < -0.4 is 0 Å². The van der Waals surface area contributed by atoms with E-state index in [1.54, 1.807) is 44.5 Å². The molecule has 0 amide bonds. The van der Waals surface area contributed by atoms with Crippen molar-refractivity contribution in [3.63, 3.8) is 0 Å². The quantitative estimate of drug-likeness (QED) is 0.201. The van der Waals surface area contributed by atoms with Crippen molar-refractivity contribution >= 4 is 0 Å². The van der Waals surface area contributed by atoms with E-state index in [1.165, 1.54) is 95.4 Å². The molecule has 51 heavy (non-hydrogen) atoms. The van der Waals surface area contributed by atoms with E-state index >= 15 is 0 Å². The molecule has 0 saturated heterocycles. The van der Waals surface area contributed by atoms with Crippen LogP contribution in [0.25, 0.3) is 22.3 Å². The second-order valence-electron chi connectivity index (χ2n) is 17.9. The molecule has 6 unspecified atom stereocenters. The minimum absolute atomic E-state index is 0.521. The third-order valence-corrected chi connectivity index (χ3v) is 16.4. The fraction of sp³-hybridized carbons (Fsp3) is 0.529. The van der Waals surface area contributed by atoms with Crippen LogP contribution in [-0.2, 0) is 0 Å². The second-order valence-corrected chi connectivity index (χ2v) is 17.9. The molecule has 0 N–H and O–H groups in total. The molecule has 0 fully saturated rings. The molecule has 0 spiro atoms. The van der Waals surface area contributed by atoms with Crippen molar-refractivity contribution in [2.75, 3.05) is 0 Å². The van der Waals surface area contributed by atoms with E-state index in [0.29, 0.717) is 35.5 Å². The summed E-state index contributed by atoms with van der Waals surface area (Å²) in [7, 11) is 0. The average Bonchev–Trinajstić information content (AvgIpc) is 3.49. The molecule has 0 aromatic heterocycles. The van der Waals surface area contributed by atoms with Gasteiger partial charge >= 0.3 is 0 Å². The van der Waals surface area contributed by atoms with Gasteiger partial charge < -0.3 is 0 Å². The molecular formula is C51H68. The van der Waals surface area contributed by atoms with Gasteiger partial charge in [0, 0.05) is 0 Å². The van der Waals surface area contributed by atoms with Crippen LogP contribution in [0.5, 0.6) is 0 Å². The number of hydrogen-bond donors (Lipinski definition) is 0. The minimum Gasteiger partial charge on any atom is -0.0613 e. The van der Waals surface area contributed by atoms with Crippen LogP contribution in [0.4, 0.5) is 0 Å². The zero-order valence-electron chi connectivity index (χ0n) is 36.2. The van der Waals surface area contributed by atoms with Crippen molar-refractivity contribution in [1.82, 2.24) is 0 Å². The molecule has 2 aliphatic rings. The number of rotatable bonds is 4. The van der Waals surface area contributed by atoms with Gasteiger partial charge in [0.05, 0.1) is 0 Å². The van der Waals surface area contributed by atoms with Crippen molar-refractivity contribution in [1.29, 1.82) is 0 Å². The van der Waals surface area contributed by atoms with Gasteiger partial charge in [-0.25, -0.2) is 0 Å². The van der Waals surface area contributed by atoms with Gasteiger partial charge in [-0.3, -0.25) is 0 Å². The smallest absolute Gasteiger partial charge is 0.0109 e. The van der Waals surface area contributed by atoms with Crippen LogP contribution >= 0.6 is 0 Å². The van der Waals surface area contributed by atoms with Gasteiger partial charge in [-0.2, -0.15) is 0 Å². The third-order valence-electron chi connectivity index (χ3n) is 16.4. The van der Waals surface area contributed by atoms with Crippen LogP contribution in [0.15, 0.2) is 0 Å². The summed E-state index contributed by atoms with van der Waals surface area (Å²) in [5.74, 6) is 3.32. The highest BCUT2D eigenvalue weighted by molar-refractivity contribution is 5.85. The van der Waals surface area contributed by atoms with Crippen LogP contribution in [0.1, 0.15) is 169 Å². The molecule has 0 bridgehead atoms. The SMILES string of the molecule is Cc1c(C)c(C)c(-c2c(C)c(C)c(C)c3c2C(C)C(C)C3CC2c3c(C)c(C)c(C)c(-c4c(C)c(C)c(C)c(C)c4C)c3C(C)C2C)c(C)c1C. The van der Waals surface area contributed by atoms with Gasteiger partial charge in [0.2, 0.25) is 0 Å². The van der Waals surface area contributed by atoms with E-state index in [1.807, 2.05) is 0 Å². The molecule has 2 aliphatic carbocycles. The molecule has 0 nitrogen and oxygen atoms in total. The standard InChI is InChI=1S/C51H68/c1-22-24(3)32(11)44(33(12)25(22)4)48-38(17)28(7)36(15)46-42(30(9)40(19)50(46)48)21-43-31(10)41(20)51-47(43)37(16)29(8)39(18)49(51)45-34(13)26(5)23(2)27(6)35(45)14/h30-31,40-43H,21H2,1-20H3. The Kier molecular flexibility index (Phi) is 9.43. The Balaban J connectivity index is 1.60. The lowest BCUT2D eigenvalue weighted by Gasteiger charge is -2.29. The fourth-order valence-corrected chi connectivity index (χ4v) is 11.4. The van der Waals surface area contributed by atoms with Crippen molar-refractivity contribution in [2.45, 2.75) is 169 Å². The fourth-order valence-electron chi connectivity index (χ4n) is 11.4. The lowest BCUT2D eigenvalue weighted by atomic mass is 9.75. The van der Waals surface area contributed by atoms with Gasteiger partial charge in [-0.15, -0.1) is 0 Å². The maximum Gasteiger partial charge on any atom is -0.0109 e. The number of fused-ring (bicyclic) bond motifs is 2. The van der Waals surface area contributed by atoms with E-state index in [0.717, 1.165) is 0 Å². The Bertz CT molecular complexity index is 1930. The lowest BCUT2D eigenvalue weighted by molar-refractivity contribution is 0.343. The van der Waals surface area contributed by atoms with Gasteiger partial charge in [0.25, 0.3) is 0 Å². The van der Waals surface area contributed by atoms with E-state index in [9.17, 15) is 0 Å². The lowest BCUT2D eigenvalue weighted by Crippen LogP contribution is -2.15. The van der Waals surface area contributed by atoms with Gasteiger partial charge in [0.1, 0.15) is 0 Å². The highest BCUT2D eigenvalue weighted by Crippen LogP contribution is 2.61. The largest absolute Gasteiger partial charge is 0.0613 e. The third kappa shape index (κ3) is 5.04. The minimum atomic E-state index is 0.521. The average molecular weight is 681 g/mol. The first kappa shape index (κ1) is 37.6. The molecule has 0 aliphatic heterocycles. The molecule has 272 valence electrons. The van der Waals surface area contributed by atoms with E-state index < -0.39 is 0 Å². The Morgan fingerprint density at radius 3 is 0.745 bits per heavy atom. The predicted octanol–water partition coefficient (Wildman–Crippen LogP) is 14.7. The Morgan fingerprint density at radius 2 is 0.471 bits per heavy atom. The summed E-state index contributed by atoms with van der Waals surface area (Å²) in [6, 6.07) is 0. The molecule has 0 radical (unpaired) electrons. The molecule has 4 aromatic carbocycles. The monoisotopic (exact) mass is 681 g/mol. The zero-order chi connectivity index (χ0) is 38.0. The van der Waals surface area contributed by atoms with Crippen LogP contribution in [0.3, 0.4) is 0 Å². The normalized spacial score (nSPS) is 22.6. The van der Waals surface area contributed by atoms with E-state index in [-0.39, 0.29) is 0 Å². The second kappa shape index (κ2) is 12.8. The topological polar surface area (TPSA) is 0 Å². The maximum atomic E-state index is 2.59. The van der Waals surface area contributed by atoms with Crippen molar-refractivity contribution in [3.8, 4) is 22.3 Å². The van der Waals surface area contributed by atoms with Crippen molar-refractivity contribution in [2.24, 2.45) is 11.8 Å². The molecule has 6 rings (SSSR count). The van der Waals surface area contributed by atoms with Crippen molar-refractivity contribution in [3.05, 3.63) is 111 Å². The molecule has 0 heteroatoms. The summed E-state index contributed by atoms with van der Waals surface area (Å²) in [6.07, 6.45) is 1.23. The highest BCUT2D eigenvalue weighted by atomic mass is 14.5. The zero-order valence-corrected chi connectivity index (χ0v) is 36.2. The van der Waals surface area contributed by atoms with E-state index in [4.69, 9.17) is 0 Å². The van der Waals surface area contributed by atoms with Gasteiger partial charge in [-0.1, -0.05) is 27.7 Å². The summed E-state index contributed by atoms with van der Waals surface area (Å²) in [5, 5.41) is 0. The Hall–Kier alpha value is -3.12. The van der Waals surface area contributed by atoms with Crippen LogP contribution in [-0.4, -0.2) is 0 Å². The number of benzene rings is 4. The van der Waals surface area contributed by atoms with Gasteiger partial charge in [-0.05, 0) is 286 Å². The summed E-state index contributed by atoms with van der Waals surface area (Å²) in [4.78, 5) is 0. The first-order chi connectivity index (χ1) is 23.7. The van der Waals surface area contributed by atoms with Crippen LogP contribution in [0.2, 0.25) is 0 Å². The van der Waals surface area contributed by atoms with Gasteiger partial charge in [0.15, 0.2) is 0 Å². The Morgan fingerprint density at radius 1 is 0.255 bits per heavy atom. The van der Waals surface area contributed by atoms with E-state index in [2.05, 4.69) is 138 Å². The summed E-state index contributed by atoms with van der Waals surface area (Å²) in [5.41, 5.74) is 36.6. The molecule has 0 saturated carbocycles.